The lowest BCUT2D eigenvalue weighted by molar-refractivity contribution is 0.552. The molecule has 0 bridgehead atoms. The molecule has 7 nitrogen and oxygen atoms in total. The molecule has 1 aliphatic heterocycles. The van der Waals surface area contributed by atoms with Gasteiger partial charge in [-0.15, -0.1) is 11.3 Å². The number of nitrogens with zero attached hydrogens (tertiary/aromatic N) is 1. The summed E-state index contributed by atoms with van der Waals surface area (Å²) in [6, 6.07) is 15.1. The van der Waals surface area contributed by atoms with Crippen molar-refractivity contribution in [3.05, 3.63) is 81.3 Å². The van der Waals surface area contributed by atoms with E-state index in [9.17, 15) is 8.42 Å². The second-order valence-electron chi connectivity index (χ2n) is 7.15. The molecule has 0 aliphatic carbocycles. The highest BCUT2D eigenvalue weighted by Gasteiger charge is 2.26. The summed E-state index contributed by atoms with van der Waals surface area (Å²) in [6.07, 6.45) is 1.25. The van der Waals surface area contributed by atoms with Crippen molar-refractivity contribution in [1.82, 2.24) is 15.0 Å². The van der Waals surface area contributed by atoms with Gasteiger partial charge >= 0.3 is 0 Å². The SMILES string of the molecule is N=C(N)c1cccc(CC(NS(=O)(=O)c2ccccc2)c2nc3c(s2)CNCC3)c1. The first-order valence-electron chi connectivity index (χ1n) is 9.62. The van der Waals surface area contributed by atoms with E-state index >= 15 is 0 Å². The summed E-state index contributed by atoms with van der Waals surface area (Å²) in [5.41, 5.74) is 8.16. The molecule has 0 saturated heterocycles. The third-order valence-electron chi connectivity index (χ3n) is 4.95. The van der Waals surface area contributed by atoms with E-state index in [0.717, 1.165) is 40.7 Å². The summed E-state index contributed by atoms with van der Waals surface area (Å²) >= 11 is 1.54. The Balaban J connectivity index is 1.68. The molecule has 0 radical (unpaired) electrons. The van der Waals surface area contributed by atoms with E-state index in [1.165, 1.54) is 0 Å². The van der Waals surface area contributed by atoms with E-state index in [1.54, 1.807) is 47.7 Å². The molecule has 5 N–H and O–H groups in total. The fourth-order valence-corrected chi connectivity index (χ4v) is 5.86. The molecule has 4 rings (SSSR count). The number of sulfonamides is 1. The zero-order valence-corrected chi connectivity index (χ0v) is 17.9. The number of nitrogens with one attached hydrogen (secondary N) is 3. The first-order chi connectivity index (χ1) is 14.4. The van der Waals surface area contributed by atoms with Crippen molar-refractivity contribution in [3.8, 4) is 0 Å². The number of nitrogens with two attached hydrogens (primary N) is 1. The molecule has 1 aromatic heterocycles. The molecule has 0 fully saturated rings. The molecule has 1 atom stereocenters. The van der Waals surface area contributed by atoms with Crippen LogP contribution in [0, 0.1) is 5.41 Å². The molecule has 2 aromatic carbocycles. The average Bonchev–Trinajstić information content (AvgIpc) is 3.18. The molecule has 1 unspecified atom stereocenters. The Bertz CT molecular complexity index is 1140. The highest BCUT2D eigenvalue weighted by atomic mass is 32.2. The van der Waals surface area contributed by atoms with Gasteiger partial charge in [0.25, 0.3) is 0 Å². The van der Waals surface area contributed by atoms with Crippen molar-refractivity contribution >= 4 is 27.2 Å². The van der Waals surface area contributed by atoms with Crippen LogP contribution in [0.4, 0.5) is 0 Å². The van der Waals surface area contributed by atoms with Crippen LogP contribution in [0.2, 0.25) is 0 Å². The summed E-state index contributed by atoms with van der Waals surface area (Å²) in [5.74, 6) is -0.0194. The van der Waals surface area contributed by atoms with E-state index < -0.39 is 16.1 Å². The van der Waals surface area contributed by atoms with Crippen LogP contribution in [-0.4, -0.2) is 25.8 Å². The Morgan fingerprint density at radius 2 is 2.03 bits per heavy atom. The number of rotatable bonds is 7. The van der Waals surface area contributed by atoms with Crippen molar-refractivity contribution in [2.75, 3.05) is 6.54 Å². The van der Waals surface area contributed by atoms with E-state index in [2.05, 4.69) is 10.0 Å². The Kier molecular flexibility index (Phi) is 5.96. The Morgan fingerprint density at radius 3 is 2.77 bits per heavy atom. The average molecular weight is 442 g/mol. The number of aromatic nitrogens is 1. The van der Waals surface area contributed by atoms with Crippen molar-refractivity contribution in [2.24, 2.45) is 5.73 Å². The third kappa shape index (κ3) is 4.59. The predicted molar refractivity (Wildman–Crippen MR) is 118 cm³/mol. The topological polar surface area (TPSA) is 121 Å². The quantitative estimate of drug-likeness (QED) is 0.331. The summed E-state index contributed by atoms with van der Waals surface area (Å²) in [4.78, 5) is 6.14. The summed E-state index contributed by atoms with van der Waals surface area (Å²) in [5, 5.41) is 11.8. The smallest absolute Gasteiger partial charge is 0.241 e. The molecule has 0 amide bonds. The standard InChI is InChI=1S/C21H23N5O2S2/c22-20(23)15-6-4-5-14(11-15)12-18(21-25-17-9-10-24-13-19(17)29-21)26-30(27,28)16-7-2-1-3-8-16/h1-8,11,18,24,26H,9-10,12-13H2,(H3,22,23). The maximum atomic E-state index is 13.0. The lowest BCUT2D eigenvalue weighted by atomic mass is 10.0. The Hall–Kier alpha value is -2.59. The number of hydrogen-bond acceptors (Lipinski definition) is 6. The number of hydrogen-bond donors (Lipinski definition) is 4. The number of thiazole rings is 1. The zero-order chi connectivity index (χ0) is 21.1. The van der Waals surface area contributed by atoms with Gasteiger partial charge in [-0.25, -0.2) is 18.1 Å². The first-order valence-corrected chi connectivity index (χ1v) is 11.9. The molecular weight excluding hydrogens is 418 g/mol. The predicted octanol–water partition coefficient (Wildman–Crippen LogP) is 2.34. The van der Waals surface area contributed by atoms with Crippen molar-refractivity contribution in [3.63, 3.8) is 0 Å². The van der Waals surface area contributed by atoms with Crippen molar-refractivity contribution in [2.45, 2.75) is 30.3 Å². The maximum Gasteiger partial charge on any atom is 0.241 e. The van der Waals surface area contributed by atoms with E-state index in [-0.39, 0.29) is 10.7 Å². The number of amidine groups is 1. The van der Waals surface area contributed by atoms with Crippen LogP contribution in [0.1, 0.15) is 32.7 Å². The minimum Gasteiger partial charge on any atom is -0.384 e. The largest absolute Gasteiger partial charge is 0.384 e. The Morgan fingerprint density at radius 1 is 1.23 bits per heavy atom. The summed E-state index contributed by atoms with van der Waals surface area (Å²) in [6.45, 7) is 1.63. The van der Waals surface area contributed by atoms with Gasteiger partial charge in [0, 0.05) is 30.0 Å². The van der Waals surface area contributed by atoms with Gasteiger partial charge in [0.15, 0.2) is 0 Å². The third-order valence-corrected chi connectivity index (χ3v) is 7.64. The van der Waals surface area contributed by atoms with Gasteiger partial charge in [-0.2, -0.15) is 0 Å². The molecule has 30 heavy (non-hydrogen) atoms. The van der Waals surface area contributed by atoms with Crippen LogP contribution >= 0.6 is 11.3 Å². The van der Waals surface area contributed by atoms with Gasteiger partial charge in [0.1, 0.15) is 10.8 Å². The fraction of sp³-hybridized carbons (Fsp3) is 0.238. The van der Waals surface area contributed by atoms with E-state index in [4.69, 9.17) is 16.1 Å². The summed E-state index contributed by atoms with van der Waals surface area (Å²) in [7, 11) is -3.72. The molecule has 9 heteroatoms. The van der Waals surface area contributed by atoms with E-state index in [0.29, 0.717) is 12.0 Å². The second-order valence-corrected chi connectivity index (χ2v) is 9.98. The van der Waals surface area contributed by atoms with Crippen LogP contribution in [0.5, 0.6) is 0 Å². The molecule has 0 spiro atoms. The van der Waals surface area contributed by atoms with Crippen LogP contribution in [0.3, 0.4) is 0 Å². The van der Waals surface area contributed by atoms with Crippen LogP contribution in [0.15, 0.2) is 59.5 Å². The monoisotopic (exact) mass is 441 g/mol. The highest BCUT2D eigenvalue weighted by molar-refractivity contribution is 7.89. The van der Waals surface area contributed by atoms with Crippen LogP contribution in [-0.2, 0) is 29.4 Å². The molecule has 0 saturated carbocycles. The van der Waals surface area contributed by atoms with Crippen molar-refractivity contribution < 1.29 is 8.42 Å². The first kappa shape index (κ1) is 20.7. The van der Waals surface area contributed by atoms with E-state index in [1.807, 2.05) is 18.2 Å². The Labute approximate surface area is 179 Å². The minimum absolute atomic E-state index is 0.0194. The number of nitrogen functional groups attached to an aromatic ring is 1. The lowest BCUT2D eigenvalue weighted by Crippen LogP contribution is -2.30. The van der Waals surface area contributed by atoms with Gasteiger partial charge in [-0.3, -0.25) is 5.41 Å². The van der Waals surface area contributed by atoms with Gasteiger partial charge < -0.3 is 11.1 Å². The second kappa shape index (κ2) is 8.65. The van der Waals surface area contributed by atoms with Gasteiger partial charge in [0.2, 0.25) is 10.0 Å². The maximum absolute atomic E-state index is 13.0. The molecule has 3 aromatic rings. The van der Waals surface area contributed by atoms with Crippen LogP contribution < -0.4 is 15.8 Å². The fourth-order valence-electron chi connectivity index (χ4n) is 3.43. The minimum atomic E-state index is -3.72. The number of benzene rings is 2. The van der Waals surface area contributed by atoms with Gasteiger partial charge in [-0.05, 0) is 30.2 Å². The van der Waals surface area contributed by atoms with Gasteiger partial charge in [0.05, 0.1) is 16.6 Å². The van der Waals surface area contributed by atoms with Crippen LogP contribution in [0.25, 0.3) is 0 Å². The summed E-state index contributed by atoms with van der Waals surface area (Å²) < 4.78 is 28.9. The van der Waals surface area contributed by atoms with Crippen molar-refractivity contribution in [1.29, 1.82) is 5.41 Å². The normalized spacial score (nSPS) is 14.8. The molecule has 156 valence electrons. The molecule has 1 aliphatic rings. The molecule has 2 heterocycles. The van der Waals surface area contributed by atoms with Gasteiger partial charge in [-0.1, -0.05) is 36.4 Å². The zero-order valence-electron chi connectivity index (χ0n) is 16.3. The number of fused-ring (bicyclic) bond motifs is 1. The lowest BCUT2D eigenvalue weighted by Gasteiger charge is -2.17. The highest BCUT2D eigenvalue weighted by Crippen LogP contribution is 2.29. The molecular formula is C21H23N5O2S2.